The van der Waals surface area contributed by atoms with Crippen molar-refractivity contribution in [2.45, 2.75) is 45.1 Å². The summed E-state index contributed by atoms with van der Waals surface area (Å²) in [6, 6.07) is 9.17. The van der Waals surface area contributed by atoms with Crippen LogP contribution in [-0.2, 0) is 0 Å². The van der Waals surface area contributed by atoms with Crippen molar-refractivity contribution in [3.63, 3.8) is 0 Å². The highest BCUT2D eigenvalue weighted by Crippen LogP contribution is 2.52. The van der Waals surface area contributed by atoms with Crippen LogP contribution in [0.1, 0.15) is 50.6 Å². The third-order valence-electron chi connectivity index (χ3n) is 5.29. The molecule has 1 aromatic carbocycles. The Kier molecular flexibility index (Phi) is 4.30. The van der Waals surface area contributed by atoms with Gasteiger partial charge in [0.1, 0.15) is 5.75 Å². The van der Waals surface area contributed by atoms with Crippen molar-refractivity contribution in [3.05, 3.63) is 29.8 Å². The summed E-state index contributed by atoms with van der Waals surface area (Å²) in [5.74, 6) is 3.75. The molecular formula is C18H27NO. The van der Waals surface area contributed by atoms with Crippen molar-refractivity contribution >= 4 is 0 Å². The lowest BCUT2D eigenvalue weighted by atomic mass is 9.80. The fraction of sp³-hybridized carbons (Fsp3) is 0.667. The van der Waals surface area contributed by atoms with Crippen LogP contribution in [0.4, 0.5) is 0 Å². The molecule has 2 fully saturated rings. The van der Waals surface area contributed by atoms with Crippen LogP contribution in [0.25, 0.3) is 0 Å². The second-order valence-electron chi connectivity index (χ2n) is 6.55. The molecule has 1 N–H and O–H groups in total. The van der Waals surface area contributed by atoms with Crippen molar-refractivity contribution in [2.24, 2.45) is 17.8 Å². The first-order chi connectivity index (χ1) is 9.81. The first-order valence-electron chi connectivity index (χ1n) is 8.19. The molecule has 2 nitrogen and oxygen atoms in total. The van der Waals surface area contributed by atoms with Gasteiger partial charge in [-0.2, -0.15) is 0 Å². The van der Waals surface area contributed by atoms with E-state index in [-0.39, 0.29) is 0 Å². The Labute approximate surface area is 122 Å². The molecule has 2 saturated carbocycles. The van der Waals surface area contributed by atoms with Gasteiger partial charge < -0.3 is 10.1 Å². The topological polar surface area (TPSA) is 21.3 Å². The maximum absolute atomic E-state index is 5.41. The van der Waals surface area contributed by atoms with Gasteiger partial charge in [-0.15, -0.1) is 0 Å². The Balaban J connectivity index is 1.81. The van der Waals surface area contributed by atoms with Crippen LogP contribution in [0.15, 0.2) is 24.3 Å². The van der Waals surface area contributed by atoms with E-state index in [9.17, 15) is 0 Å². The monoisotopic (exact) mass is 273 g/mol. The van der Waals surface area contributed by atoms with Crippen LogP contribution in [0.3, 0.4) is 0 Å². The van der Waals surface area contributed by atoms with Gasteiger partial charge in [0, 0.05) is 6.04 Å². The van der Waals surface area contributed by atoms with E-state index in [2.05, 4.69) is 30.4 Å². The summed E-state index contributed by atoms with van der Waals surface area (Å²) < 4.78 is 5.41. The van der Waals surface area contributed by atoms with E-state index < -0.39 is 0 Å². The fourth-order valence-electron chi connectivity index (χ4n) is 4.35. The maximum atomic E-state index is 5.41. The molecule has 110 valence electrons. The molecule has 1 aromatic rings. The minimum atomic E-state index is 0.514. The highest BCUT2D eigenvalue weighted by atomic mass is 16.5. The number of methoxy groups -OCH3 is 1. The second kappa shape index (κ2) is 6.17. The molecule has 2 aliphatic rings. The van der Waals surface area contributed by atoms with E-state index in [1.54, 1.807) is 7.11 Å². The van der Waals surface area contributed by atoms with Gasteiger partial charge in [-0.25, -0.2) is 0 Å². The van der Waals surface area contributed by atoms with Gasteiger partial charge >= 0.3 is 0 Å². The highest BCUT2D eigenvalue weighted by molar-refractivity contribution is 5.31. The molecule has 0 radical (unpaired) electrons. The van der Waals surface area contributed by atoms with Gasteiger partial charge in [0.15, 0.2) is 0 Å². The molecule has 20 heavy (non-hydrogen) atoms. The summed E-state index contributed by atoms with van der Waals surface area (Å²) in [5, 5.41) is 3.81. The van der Waals surface area contributed by atoms with Crippen molar-refractivity contribution in [3.8, 4) is 5.75 Å². The molecule has 0 saturated heterocycles. The Bertz CT molecular complexity index is 445. The first kappa shape index (κ1) is 13.9. The molecule has 0 heterocycles. The van der Waals surface area contributed by atoms with E-state index in [1.165, 1.54) is 37.7 Å². The lowest BCUT2D eigenvalue weighted by Gasteiger charge is -2.32. The number of benzene rings is 1. The van der Waals surface area contributed by atoms with Gasteiger partial charge in [0.05, 0.1) is 7.11 Å². The standard InChI is InChI=1S/C18H27NO/c1-3-9-19-18(15-5-4-6-16(12-15)20-2)17-11-13-7-8-14(17)10-13/h4-6,12-14,17-19H,3,7-11H2,1-2H3. The van der Waals surface area contributed by atoms with Gasteiger partial charge in [-0.1, -0.05) is 25.5 Å². The largest absolute Gasteiger partial charge is 0.497 e. The molecular weight excluding hydrogens is 246 g/mol. The van der Waals surface area contributed by atoms with E-state index in [4.69, 9.17) is 4.74 Å². The third kappa shape index (κ3) is 2.71. The van der Waals surface area contributed by atoms with Gasteiger partial charge in [-0.3, -0.25) is 0 Å². The van der Waals surface area contributed by atoms with Crippen molar-refractivity contribution in [2.75, 3.05) is 13.7 Å². The van der Waals surface area contributed by atoms with Gasteiger partial charge in [0.25, 0.3) is 0 Å². The van der Waals surface area contributed by atoms with Crippen LogP contribution in [-0.4, -0.2) is 13.7 Å². The van der Waals surface area contributed by atoms with Gasteiger partial charge in [0.2, 0.25) is 0 Å². The summed E-state index contributed by atoms with van der Waals surface area (Å²) in [6.07, 6.45) is 7.01. The molecule has 0 spiro atoms. The number of hydrogen-bond donors (Lipinski definition) is 1. The zero-order valence-electron chi connectivity index (χ0n) is 12.8. The Hall–Kier alpha value is -1.02. The number of nitrogens with one attached hydrogen (secondary N) is 1. The van der Waals surface area contributed by atoms with E-state index in [1.807, 2.05) is 6.07 Å². The van der Waals surface area contributed by atoms with Crippen LogP contribution < -0.4 is 10.1 Å². The minimum absolute atomic E-state index is 0.514. The molecule has 3 rings (SSSR count). The molecule has 4 unspecified atom stereocenters. The lowest BCUT2D eigenvalue weighted by molar-refractivity contribution is 0.250. The smallest absolute Gasteiger partial charge is 0.119 e. The lowest BCUT2D eigenvalue weighted by Crippen LogP contribution is -2.32. The Morgan fingerprint density at radius 2 is 2.20 bits per heavy atom. The maximum Gasteiger partial charge on any atom is 0.119 e. The van der Waals surface area contributed by atoms with Gasteiger partial charge in [-0.05, 0) is 67.7 Å². The minimum Gasteiger partial charge on any atom is -0.497 e. The van der Waals surface area contributed by atoms with Crippen LogP contribution >= 0.6 is 0 Å². The molecule has 2 aliphatic carbocycles. The zero-order chi connectivity index (χ0) is 13.9. The number of fused-ring (bicyclic) bond motifs is 2. The molecule has 2 heteroatoms. The van der Waals surface area contributed by atoms with E-state index in [0.29, 0.717) is 6.04 Å². The molecule has 0 aliphatic heterocycles. The molecule has 0 aromatic heterocycles. The number of rotatable bonds is 6. The van der Waals surface area contributed by atoms with Crippen molar-refractivity contribution in [1.82, 2.24) is 5.32 Å². The summed E-state index contributed by atoms with van der Waals surface area (Å²) in [7, 11) is 1.76. The summed E-state index contributed by atoms with van der Waals surface area (Å²) in [5.41, 5.74) is 1.41. The average Bonchev–Trinajstić information content (AvgIpc) is 3.11. The van der Waals surface area contributed by atoms with E-state index in [0.717, 1.165) is 30.0 Å². The van der Waals surface area contributed by atoms with Crippen LogP contribution in [0.2, 0.25) is 0 Å². The predicted octanol–water partition coefficient (Wildman–Crippen LogP) is 4.17. The number of hydrogen-bond acceptors (Lipinski definition) is 2. The SMILES string of the molecule is CCCNC(c1cccc(OC)c1)C1CC2CCC1C2. The zero-order valence-corrected chi connectivity index (χ0v) is 12.8. The molecule has 2 bridgehead atoms. The average molecular weight is 273 g/mol. The normalized spacial score (nSPS) is 29.6. The third-order valence-corrected chi connectivity index (χ3v) is 5.29. The quantitative estimate of drug-likeness (QED) is 0.840. The predicted molar refractivity (Wildman–Crippen MR) is 83.0 cm³/mol. The first-order valence-corrected chi connectivity index (χ1v) is 8.19. The van der Waals surface area contributed by atoms with Crippen LogP contribution in [0, 0.1) is 17.8 Å². The molecule has 0 amide bonds. The summed E-state index contributed by atoms with van der Waals surface area (Å²) in [6.45, 7) is 3.35. The summed E-state index contributed by atoms with van der Waals surface area (Å²) in [4.78, 5) is 0. The second-order valence-corrected chi connectivity index (χ2v) is 6.55. The van der Waals surface area contributed by atoms with Crippen LogP contribution in [0.5, 0.6) is 5.75 Å². The highest BCUT2D eigenvalue weighted by Gasteiger charge is 2.43. The molecule has 4 atom stereocenters. The summed E-state index contributed by atoms with van der Waals surface area (Å²) >= 11 is 0. The van der Waals surface area contributed by atoms with Crippen molar-refractivity contribution < 1.29 is 4.74 Å². The van der Waals surface area contributed by atoms with Crippen molar-refractivity contribution in [1.29, 1.82) is 0 Å². The number of ether oxygens (including phenoxy) is 1. The Morgan fingerprint density at radius 3 is 2.85 bits per heavy atom. The van der Waals surface area contributed by atoms with E-state index >= 15 is 0 Å². The Morgan fingerprint density at radius 1 is 1.30 bits per heavy atom. The fourth-order valence-corrected chi connectivity index (χ4v) is 4.35.